The van der Waals surface area contributed by atoms with Crippen molar-refractivity contribution < 1.29 is 4.79 Å². The summed E-state index contributed by atoms with van der Waals surface area (Å²) in [7, 11) is 0. The maximum atomic E-state index is 10.5. The molecule has 0 bridgehead atoms. The van der Waals surface area contributed by atoms with Crippen LogP contribution < -0.4 is 0 Å². The van der Waals surface area contributed by atoms with Crippen molar-refractivity contribution in [2.45, 2.75) is 0 Å². The Morgan fingerprint density at radius 3 is 2.71 bits per heavy atom. The third-order valence-corrected chi connectivity index (χ3v) is 2.70. The zero-order chi connectivity index (χ0) is 9.97. The van der Waals surface area contributed by atoms with Gasteiger partial charge < -0.3 is 4.98 Å². The number of hydrogen-bond acceptors (Lipinski definition) is 1. The normalized spacial score (nSPS) is 10.1. The number of hydrogen-bond donors (Lipinski definition) is 1. The maximum Gasteiger partial charge on any atom is 0.151 e. The highest BCUT2D eigenvalue weighted by Crippen LogP contribution is 2.26. The highest BCUT2D eigenvalue weighted by molar-refractivity contribution is 9.10. The van der Waals surface area contributed by atoms with Crippen molar-refractivity contribution in [2.75, 3.05) is 0 Å². The van der Waals surface area contributed by atoms with Gasteiger partial charge >= 0.3 is 0 Å². The molecule has 3 heteroatoms. The number of halogens is 1. The molecular formula is C11H8BrNO. The predicted octanol–water partition coefficient (Wildman–Crippen LogP) is 3.26. The molecule has 2 aromatic rings. The summed E-state index contributed by atoms with van der Waals surface area (Å²) < 4.78 is 1.01. The number of carbonyl (C=O) groups is 1. The second kappa shape index (κ2) is 3.80. The van der Waals surface area contributed by atoms with Gasteiger partial charge in [0.25, 0.3) is 0 Å². The summed E-state index contributed by atoms with van der Waals surface area (Å²) in [6.45, 7) is 0. The fourth-order valence-corrected chi connectivity index (χ4v) is 1.81. The molecule has 0 unspecified atom stereocenters. The Morgan fingerprint density at radius 2 is 2.07 bits per heavy atom. The first-order valence-corrected chi connectivity index (χ1v) is 4.99. The molecule has 1 heterocycles. The van der Waals surface area contributed by atoms with E-state index >= 15 is 0 Å². The van der Waals surface area contributed by atoms with E-state index < -0.39 is 0 Å². The van der Waals surface area contributed by atoms with Crippen molar-refractivity contribution in [1.82, 2.24) is 4.98 Å². The Hall–Kier alpha value is -1.35. The van der Waals surface area contributed by atoms with Gasteiger partial charge in [-0.2, -0.15) is 0 Å². The molecule has 0 aliphatic carbocycles. The van der Waals surface area contributed by atoms with Gasteiger partial charge in [0.2, 0.25) is 0 Å². The van der Waals surface area contributed by atoms with Crippen molar-refractivity contribution in [3.63, 3.8) is 0 Å². The molecule has 14 heavy (non-hydrogen) atoms. The summed E-state index contributed by atoms with van der Waals surface area (Å²) in [5.74, 6) is 0. The first kappa shape index (κ1) is 9.21. The van der Waals surface area contributed by atoms with E-state index in [1.165, 1.54) is 0 Å². The van der Waals surface area contributed by atoms with Crippen LogP contribution in [0.3, 0.4) is 0 Å². The van der Waals surface area contributed by atoms with Gasteiger partial charge in [-0.1, -0.05) is 34.1 Å². The van der Waals surface area contributed by atoms with Crippen LogP contribution in [-0.4, -0.2) is 11.3 Å². The van der Waals surface area contributed by atoms with E-state index in [1.807, 2.05) is 30.3 Å². The highest BCUT2D eigenvalue weighted by atomic mass is 79.9. The van der Waals surface area contributed by atoms with Crippen molar-refractivity contribution in [3.05, 3.63) is 46.6 Å². The van der Waals surface area contributed by atoms with Crippen LogP contribution in [0.1, 0.15) is 10.4 Å². The number of aromatic amines is 1. The Bertz CT molecular complexity index is 462. The average molecular weight is 250 g/mol. The zero-order valence-corrected chi connectivity index (χ0v) is 8.91. The number of H-pyrrole nitrogens is 1. The van der Waals surface area contributed by atoms with Gasteiger partial charge in [0, 0.05) is 27.5 Å². The molecule has 70 valence electrons. The standard InChI is InChI=1S/C11H8BrNO/c12-10-4-2-1-3-9(10)11-5-8(7-14)6-13-11/h1-7,13H. The number of benzene rings is 1. The van der Waals surface area contributed by atoms with Gasteiger partial charge in [-0.25, -0.2) is 0 Å². The summed E-state index contributed by atoms with van der Waals surface area (Å²) in [5.41, 5.74) is 2.66. The Kier molecular flexibility index (Phi) is 2.50. The smallest absolute Gasteiger partial charge is 0.151 e. The molecule has 2 rings (SSSR count). The maximum absolute atomic E-state index is 10.5. The van der Waals surface area contributed by atoms with Crippen LogP contribution in [0.5, 0.6) is 0 Å². The van der Waals surface area contributed by atoms with E-state index in [-0.39, 0.29) is 0 Å². The van der Waals surface area contributed by atoms with Gasteiger partial charge in [0.05, 0.1) is 0 Å². The predicted molar refractivity (Wildman–Crippen MR) is 59.3 cm³/mol. The van der Waals surface area contributed by atoms with Crippen LogP contribution in [0.25, 0.3) is 11.3 Å². The third kappa shape index (κ3) is 1.63. The fourth-order valence-electron chi connectivity index (χ4n) is 1.31. The molecule has 2 nitrogen and oxygen atoms in total. The zero-order valence-electron chi connectivity index (χ0n) is 7.33. The second-order valence-corrected chi connectivity index (χ2v) is 3.80. The van der Waals surface area contributed by atoms with Gasteiger partial charge in [-0.15, -0.1) is 0 Å². The van der Waals surface area contributed by atoms with E-state index in [1.54, 1.807) is 6.20 Å². The molecule has 0 saturated heterocycles. The summed E-state index contributed by atoms with van der Waals surface area (Å²) in [6.07, 6.45) is 2.53. The topological polar surface area (TPSA) is 32.9 Å². The first-order valence-electron chi connectivity index (χ1n) is 4.20. The monoisotopic (exact) mass is 249 g/mol. The first-order chi connectivity index (χ1) is 6.81. The summed E-state index contributed by atoms with van der Waals surface area (Å²) >= 11 is 3.46. The number of nitrogens with one attached hydrogen (secondary N) is 1. The lowest BCUT2D eigenvalue weighted by atomic mass is 10.1. The molecule has 0 amide bonds. The summed E-state index contributed by atoms with van der Waals surface area (Å²) in [4.78, 5) is 13.6. The molecule has 0 fully saturated rings. The van der Waals surface area contributed by atoms with Crippen molar-refractivity contribution in [2.24, 2.45) is 0 Å². The van der Waals surface area contributed by atoms with E-state index in [0.717, 1.165) is 22.0 Å². The Labute approximate surface area is 90.1 Å². The molecule has 0 aliphatic rings. The minimum absolute atomic E-state index is 0.663. The minimum Gasteiger partial charge on any atom is -0.360 e. The van der Waals surface area contributed by atoms with Gasteiger partial charge in [0.15, 0.2) is 6.29 Å². The van der Waals surface area contributed by atoms with E-state index in [2.05, 4.69) is 20.9 Å². The van der Waals surface area contributed by atoms with Gasteiger partial charge in [-0.05, 0) is 12.1 Å². The lowest BCUT2D eigenvalue weighted by Gasteiger charge is -1.99. The van der Waals surface area contributed by atoms with Crippen LogP contribution >= 0.6 is 15.9 Å². The van der Waals surface area contributed by atoms with E-state index in [0.29, 0.717) is 5.56 Å². The highest BCUT2D eigenvalue weighted by Gasteiger charge is 2.03. The molecule has 0 spiro atoms. The van der Waals surface area contributed by atoms with Gasteiger partial charge in [0.1, 0.15) is 0 Å². The summed E-state index contributed by atoms with van der Waals surface area (Å²) in [5, 5.41) is 0. The fraction of sp³-hybridized carbons (Fsp3) is 0. The van der Waals surface area contributed by atoms with Crippen LogP contribution in [0, 0.1) is 0 Å². The van der Waals surface area contributed by atoms with Gasteiger partial charge in [-0.3, -0.25) is 4.79 Å². The Balaban J connectivity index is 2.49. The average Bonchev–Trinajstić information content (AvgIpc) is 2.67. The van der Waals surface area contributed by atoms with Crippen molar-refractivity contribution >= 4 is 22.2 Å². The van der Waals surface area contributed by atoms with Crippen LogP contribution in [0.2, 0.25) is 0 Å². The van der Waals surface area contributed by atoms with Crippen molar-refractivity contribution in [3.8, 4) is 11.3 Å². The largest absolute Gasteiger partial charge is 0.360 e. The minimum atomic E-state index is 0.663. The number of aldehydes is 1. The number of carbonyl (C=O) groups excluding carboxylic acids is 1. The quantitative estimate of drug-likeness (QED) is 0.815. The molecule has 0 aliphatic heterocycles. The molecule has 1 N–H and O–H groups in total. The van der Waals surface area contributed by atoms with E-state index in [4.69, 9.17) is 0 Å². The SMILES string of the molecule is O=Cc1c[nH]c(-c2ccccc2Br)c1. The molecule has 0 atom stereocenters. The molecule has 1 aromatic carbocycles. The van der Waals surface area contributed by atoms with Crippen LogP contribution in [0.15, 0.2) is 41.0 Å². The molecule has 1 aromatic heterocycles. The summed E-state index contributed by atoms with van der Waals surface area (Å²) in [6, 6.07) is 9.70. The molecule has 0 radical (unpaired) electrons. The number of rotatable bonds is 2. The third-order valence-electron chi connectivity index (χ3n) is 2.01. The number of aromatic nitrogens is 1. The van der Waals surface area contributed by atoms with Crippen LogP contribution in [0.4, 0.5) is 0 Å². The van der Waals surface area contributed by atoms with E-state index in [9.17, 15) is 4.79 Å². The lowest BCUT2D eigenvalue weighted by Crippen LogP contribution is -1.77. The molecular weight excluding hydrogens is 242 g/mol. The van der Waals surface area contributed by atoms with Crippen LogP contribution in [-0.2, 0) is 0 Å². The molecule has 0 saturated carbocycles. The lowest BCUT2D eigenvalue weighted by molar-refractivity contribution is 0.112. The van der Waals surface area contributed by atoms with Crippen molar-refractivity contribution in [1.29, 1.82) is 0 Å². The second-order valence-electron chi connectivity index (χ2n) is 2.94. The Morgan fingerprint density at radius 1 is 1.29 bits per heavy atom.